The van der Waals surface area contributed by atoms with Gasteiger partial charge in [0.15, 0.2) is 0 Å². The molecule has 0 aromatic carbocycles. The van der Waals surface area contributed by atoms with Crippen molar-refractivity contribution in [1.29, 1.82) is 0 Å². The van der Waals surface area contributed by atoms with Crippen molar-refractivity contribution in [3.63, 3.8) is 0 Å². The molecule has 2 aromatic heterocycles. The van der Waals surface area contributed by atoms with Crippen LogP contribution < -0.4 is 15.5 Å². The van der Waals surface area contributed by atoms with Gasteiger partial charge in [0.2, 0.25) is 11.8 Å². The molecule has 2 aliphatic rings. The Balaban J connectivity index is 1.03. The second-order valence-electron chi connectivity index (χ2n) is 9.85. The predicted molar refractivity (Wildman–Crippen MR) is 146 cm³/mol. The Morgan fingerprint density at radius 1 is 1.05 bits per heavy atom. The molecule has 2 saturated heterocycles. The first-order chi connectivity index (χ1) is 19.4. The summed E-state index contributed by atoms with van der Waals surface area (Å²) < 4.78 is 11.1. The highest BCUT2D eigenvalue weighted by molar-refractivity contribution is 5.90. The molecular formula is C27H37N7O6. The molecule has 40 heavy (non-hydrogen) atoms. The van der Waals surface area contributed by atoms with Gasteiger partial charge in [-0.3, -0.25) is 19.4 Å². The number of aliphatic carboxylic acids is 1. The number of piperidine rings is 1. The third kappa shape index (κ3) is 7.85. The monoisotopic (exact) mass is 555 g/mol. The summed E-state index contributed by atoms with van der Waals surface area (Å²) >= 11 is 0. The summed E-state index contributed by atoms with van der Waals surface area (Å²) in [6, 6.07) is 3.36. The van der Waals surface area contributed by atoms with Crippen molar-refractivity contribution in [2.24, 2.45) is 11.8 Å². The maximum Gasteiger partial charge on any atom is 0.306 e. The molecule has 3 N–H and O–H groups in total. The third-order valence-electron chi connectivity index (χ3n) is 7.23. The number of hydrogen-bond donors (Lipinski definition) is 3. The lowest BCUT2D eigenvalue weighted by molar-refractivity contribution is -0.142. The Kier molecular flexibility index (Phi) is 10.6. The lowest BCUT2D eigenvalue weighted by Gasteiger charge is -2.30. The molecule has 0 aliphatic carbocycles. The van der Waals surface area contributed by atoms with Gasteiger partial charge in [0.05, 0.1) is 56.7 Å². The molecule has 0 bridgehead atoms. The van der Waals surface area contributed by atoms with E-state index in [-0.39, 0.29) is 30.2 Å². The Morgan fingerprint density at radius 2 is 1.80 bits per heavy atom. The number of rotatable bonds is 14. The van der Waals surface area contributed by atoms with Crippen LogP contribution in [-0.4, -0.2) is 102 Å². The summed E-state index contributed by atoms with van der Waals surface area (Å²) in [5.41, 5.74) is 0.845. The second-order valence-corrected chi connectivity index (χ2v) is 9.85. The molecule has 216 valence electrons. The van der Waals surface area contributed by atoms with E-state index in [2.05, 4.69) is 30.5 Å². The number of hydrogen-bond acceptors (Lipinski definition) is 10. The predicted octanol–water partition coefficient (Wildman–Crippen LogP) is 0.954. The first-order valence-electron chi connectivity index (χ1n) is 13.6. The number of carboxylic acid groups (broad SMARTS) is 1. The molecule has 2 atom stereocenters. The molecule has 13 nitrogen and oxygen atoms in total. The number of pyridine rings is 1. The molecule has 4 heterocycles. The summed E-state index contributed by atoms with van der Waals surface area (Å²) in [6.07, 6.45) is 8.11. The summed E-state index contributed by atoms with van der Waals surface area (Å²) in [6.45, 7) is 3.84. The molecule has 0 spiro atoms. The van der Waals surface area contributed by atoms with Gasteiger partial charge in [-0.25, -0.2) is 9.97 Å². The van der Waals surface area contributed by atoms with Crippen LogP contribution in [0.25, 0.3) is 0 Å². The van der Waals surface area contributed by atoms with Gasteiger partial charge in [-0.2, -0.15) is 0 Å². The van der Waals surface area contributed by atoms with Crippen molar-refractivity contribution in [2.75, 3.05) is 69.9 Å². The number of anilines is 2. The molecule has 0 radical (unpaired) electrons. The fourth-order valence-electron chi connectivity index (χ4n) is 4.99. The van der Waals surface area contributed by atoms with Crippen LogP contribution in [0.3, 0.4) is 0 Å². The Labute approximate surface area is 233 Å². The summed E-state index contributed by atoms with van der Waals surface area (Å²) in [4.78, 5) is 52.7. The van der Waals surface area contributed by atoms with E-state index in [1.54, 1.807) is 42.8 Å². The highest BCUT2D eigenvalue weighted by Crippen LogP contribution is 2.36. The normalized spacial score (nSPS) is 19.6. The number of carbonyl (C=O) groups excluding carboxylic acids is 2. The molecule has 2 aliphatic heterocycles. The van der Waals surface area contributed by atoms with Crippen LogP contribution in [0.1, 0.15) is 30.9 Å². The van der Waals surface area contributed by atoms with E-state index in [0.717, 1.165) is 11.4 Å². The lowest BCUT2D eigenvalue weighted by Crippen LogP contribution is -2.36. The largest absolute Gasteiger partial charge is 0.481 e. The van der Waals surface area contributed by atoms with Crippen LogP contribution in [0.15, 0.2) is 36.9 Å². The summed E-state index contributed by atoms with van der Waals surface area (Å²) in [5.74, 6) is -0.315. The van der Waals surface area contributed by atoms with Crippen molar-refractivity contribution in [2.45, 2.75) is 25.3 Å². The minimum atomic E-state index is -0.731. The number of aromatic nitrogens is 3. The molecule has 0 unspecified atom stereocenters. The average Bonchev–Trinajstić information content (AvgIpc) is 3.28. The van der Waals surface area contributed by atoms with Gasteiger partial charge >= 0.3 is 5.97 Å². The van der Waals surface area contributed by atoms with E-state index >= 15 is 0 Å². The smallest absolute Gasteiger partial charge is 0.306 e. The van der Waals surface area contributed by atoms with Crippen LogP contribution in [-0.2, 0) is 23.9 Å². The molecule has 0 saturated carbocycles. The van der Waals surface area contributed by atoms with Crippen molar-refractivity contribution in [1.82, 2.24) is 25.2 Å². The van der Waals surface area contributed by atoms with Gasteiger partial charge in [0, 0.05) is 52.0 Å². The Morgan fingerprint density at radius 3 is 2.45 bits per heavy atom. The highest BCUT2D eigenvalue weighted by Gasteiger charge is 2.42. The topological polar surface area (TPSA) is 159 Å². The van der Waals surface area contributed by atoms with E-state index in [1.165, 1.54) is 0 Å². The lowest BCUT2D eigenvalue weighted by atomic mass is 9.94. The van der Waals surface area contributed by atoms with Crippen molar-refractivity contribution < 1.29 is 29.0 Å². The molecular weight excluding hydrogens is 518 g/mol. The van der Waals surface area contributed by atoms with Crippen LogP contribution in [0.5, 0.6) is 0 Å². The van der Waals surface area contributed by atoms with E-state index in [0.29, 0.717) is 71.3 Å². The zero-order chi connectivity index (χ0) is 28.3. The van der Waals surface area contributed by atoms with Crippen LogP contribution in [0.4, 0.5) is 11.6 Å². The van der Waals surface area contributed by atoms with Gasteiger partial charge in [-0.1, -0.05) is 6.07 Å². The fraction of sp³-hybridized carbons (Fsp3) is 0.556. The molecule has 2 aromatic rings. The number of amides is 2. The van der Waals surface area contributed by atoms with E-state index in [4.69, 9.17) is 14.6 Å². The minimum Gasteiger partial charge on any atom is -0.481 e. The fourth-order valence-corrected chi connectivity index (χ4v) is 4.99. The van der Waals surface area contributed by atoms with Crippen molar-refractivity contribution in [3.8, 4) is 0 Å². The van der Waals surface area contributed by atoms with Gasteiger partial charge in [0.25, 0.3) is 0 Å². The highest BCUT2D eigenvalue weighted by atomic mass is 16.5. The molecule has 2 amide bonds. The zero-order valence-electron chi connectivity index (χ0n) is 22.7. The first-order valence-corrected chi connectivity index (χ1v) is 13.6. The molecule has 13 heteroatoms. The van der Waals surface area contributed by atoms with Crippen LogP contribution in [0.2, 0.25) is 0 Å². The summed E-state index contributed by atoms with van der Waals surface area (Å²) in [5, 5.41) is 15.1. The van der Waals surface area contributed by atoms with Gasteiger partial charge < -0.3 is 35.0 Å². The van der Waals surface area contributed by atoms with Gasteiger partial charge in [-0.15, -0.1) is 0 Å². The van der Waals surface area contributed by atoms with Crippen molar-refractivity contribution >= 4 is 29.4 Å². The maximum absolute atomic E-state index is 12.7. The number of carboxylic acids is 1. The van der Waals surface area contributed by atoms with Crippen molar-refractivity contribution in [3.05, 3.63) is 42.5 Å². The standard InChI is InChI=1S/C27H37N7O6/c1-33-24(35)15-21(25(33)20-3-2-6-28-16-20)26(36)30-8-12-40-14-13-39-11-7-29-22-17-32-23(18-31-22)34-9-4-19(5-10-34)27(37)38/h2-3,6,16-19,21,25H,4-5,7-15H2,1H3,(H,29,31)(H,30,36)(H,37,38)/t21-,25+/m0/s1. The van der Waals surface area contributed by atoms with E-state index in [1.807, 2.05) is 6.07 Å². The SMILES string of the molecule is CN1C(=O)C[C@H](C(=O)NCCOCCOCCNc2cnc(N3CCC(C(=O)O)CC3)cn2)[C@H]1c1cccnc1. The number of likely N-dealkylation sites (tertiary alicyclic amines) is 1. The van der Waals surface area contributed by atoms with Gasteiger partial charge in [0.1, 0.15) is 11.6 Å². The summed E-state index contributed by atoms with van der Waals surface area (Å²) in [7, 11) is 1.71. The molecule has 4 rings (SSSR count). The molecule has 2 fully saturated rings. The first kappa shape index (κ1) is 29.2. The average molecular weight is 556 g/mol. The van der Waals surface area contributed by atoms with E-state index < -0.39 is 11.9 Å². The zero-order valence-corrected chi connectivity index (χ0v) is 22.7. The van der Waals surface area contributed by atoms with Crippen LogP contribution >= 0.6 is 0 Å². The Bertz CT molecular complexity index is 1110. The van der Waals surface area contributed by atoms with E-state index in [9.17, 15) is 14.4 Å². The van der Waals surface area contributed by atoms with Gasteiger partial charge in [-0.05, 0) is 24.5 Å². The number of carbonyl (C=O) groups is 3. The maximum atomic E-state index is 12.7. The second kappa shape index (κ2) is 14.5. The number of nitrogens with zero attached hydrogens (tertiary/aromatic N) is 5. The van der Waals surface area contributed by atoms with Crippen LogP contribution in [0, 0.1) is 11.8 Å². The Hall–Kier alpha value is -3.84. The third-order valence-corrected chi connectivity index (χ3v) is 7.23. The quantitative estimate of drug-likeness (QED) is 0.285. The number of ether oxygens (including phenoxy) is 2. The minimum absolute atomic E-state index is 0.0596. The number of nitrogens with one attached hydrogen (secondary N) is 2.